The van der Waals surface area contributed by atoms with Gasteiger partial charge in [-0.25, -0.2) is 0 Å². The molecule has 0 aliphatic heterocycles. The van der Waals surface area contributed by atoms with Gasteiger partial charge in [-0.1, -0.05) is 27.7 Å². The summed E-state index contributed by atoms with van der Waals surface area (Å²) in [5.74, 6) is 2.75. The third-order valence-electron chi connectivity index (χ3n) is 7.18. The highest BCUT2D eigenvalue weighted by molar-refractivity contribution is 5.66. The van der Waals surface area contributed by atoms with Gasteiger partial charge in [-0.3, -0.25) is 4.79 Å². The molecule has 3 aliphatic rings. The lowest BCUT2D eigenvalue weighted by Gasteiger charge is -2.43. The molecule has 108 valence electrons. The number of rotatable bonds is 2. The fraction of sp³-hybridized carbons (Fsp3) is 0.941. The Balaban J connectivity index is 2.01. The zero-order valence-corrected chi connectivity index (χ0v) is 13.0. The first-order chi connectivity index (χ1) is 8.81. The van der Waals surface area contributed by atoms with E-state index in [0.29, 0.717) is 17.3 Å². The Morgan fingerprint density at radius 3 is 2.37 bits per heavy atom. The SMILES string of the molecule is CC(=O)OC1C2C(C(C)C)CCC3(C)C2CCC13C. The van der Waals surface area contributed by atoms with Gasteiger partial charge in [0.05, 0.1) is 0 Å². The molecular formula is C17H28O2. The van der Waals surface area contributed by atoms with Gasteiger partial charge >= 0.3 is 5.97 Å². The topological polar surface area (TPSA) is 26.3 Å². The van der Waals surface area contributed by atoms with Crippen LogP contribution in [0, 0.1) is 34.5 Å². The average Bonchev–Trinajstić information content (AvgIpc) is 2.62. The summed E-state index contributed by atoms with van der Waals surface area (Å²) < 4.78 is 5.87. The third kappa shape index (κ3) is 1.52. The van der Waals surface area contributed by atoms with E-state index in [9.17, 15) is 4.79 Å². The molecule has 0 radical (unpaired) electrons. The van der Waals surface area contributed by atoms with Crippen molar-refractivity contribution in [3.8, 4) is 0 Å². The van der Waals surface area contributed by atoms with Crippen molar-refractivity contribution in [3.05, 3.63) is 0 Å². The second-order valence-electron chi connectivity index (χ2n) is 8.03. The Morgan fingerprint density at radius 2 is 1.79 bits per heavy atom. The van der Waals surface area contributed by atoms with Crippen molar-refractivity contribution in [2.45, 2.75) is 66.4 Å². The second-order valence-corrected chi connectivity index (χ2v) is 8.03. The molecule has 0 aromatic rings. The van der Waals surface area contributed by atoms with E-state index in [2.05, 4.69) is 27.7 Å². The minimum Gasteiger partial charge on any atom is -0.462 e. The summed E-state index contributed by atoms with van der Waals surface area (Å²) in [6, 6.07) is 0. The van der Waals surface area contributed by atoms with Gasteiger partial charge in [0.15, 0.2) is 0 Å². The molecule has 0 aromatic carbocycles. The van der Waals surface area contributed by atoms with E-state index in [4.69, 9.17) is 4.74 Å². The van der Waals surface area contributed by atoms with Crippen LogP contribution in [-0.4, -0.2) is 12.1 Å². The average molecular weight is 264 g/mol. The van der Waals surface area contributed by atoms with Crippen molar-refractivity contribution in [2.24, 2.45) is 34.5 Å². The van der Waals surface area contributed by atoms with E-state index in [1.54, 1.807) is 6.92 Å². The standard InChI is InChI=1S/C17H28O2/c1-10(2)12-6-8-16(4)13-7-9-17(16,5)15(14(12)13)19-11(3)18/h10,12-15H,6-9H2,1-5H3. The van der Waals surface area contributed by atoms with Crippen LogP contribution in [0.25, 0.3) is 0 Å². The Morgan fingerprint density at radius 1 is 1.16 bits per heavy atom. The molecule has 3 rings (SSSR count). The minimum absolute atomic E-state index is 0.0875. The Labute approximate surface area is 117 Å². The number of ether oxygens (including phenoxy) is 1. The molecular weight excluding hydrogens is 236 g/mol. The van der Waals surface area contributed by atoms with Gasteiger partial charge in [0, 0.05) is 18.3 Å². The van der Waals surface area contributed by atoms with E-state index in [1.165, 1.54) is 25.7 Å². The van der Waals surface area contributed by atoms with Gasteiger partial charge in [-0.05, 0) is 48.9 Å². The molecule has 0 amide bonds. The Hall–Kier alpha value is -0.530. The van der Waals surface area contributed by atoms with E-state index in [-0.39, 0.29) is 17.5 Å². The monoisotopic (exact) mass is 264 g/mol. The van der Waals surface area contributed by atoms with Crippen LogP contribution in [0.3, 0.4) is 0 Å². The highest BCUT2D eigenvalue weighted by atomic mass is 16.5. The quantitative estimate of drug-likeness (QED) is 0.704. The molecule has 3 aliphatic carbocycles. The van der Waals surface area contributed by atoms with Gasteiger partial charge in [0.1, 0.15) is 6.10 Å². The lowest BCUT2D eigenvalue weighted by Crippen LogP contribution is -2.42. The summed E-state index contributed by atoms with van der Waals surface area (Å²) in [4.78, 5) is 11.6. The second kappa shape index (κ2) is 3.99. The van der Waals surface area contributed by atoms with Crippen molar-refractivity contribution in [3.63, 3.8) is 0 Å². The minimum atomic E-state index is -0.0875. The predicted octanol–water partition coefficient (Wildman–Crippen LogP) is 4.04. The van der Waals surface area contributed by atoms with Crippen LogP contribution < -0.4 is 0 Å². The number of carbonyl (C=O) groups excluding carboxylic acids is 1. The van der Waals surface area contributed by atoms with E-state index in [1.807, 2.05) is 0 Å². The number of carbonyl (C=O) groups is 1. The molecule has 3 fully saturated rings. The van der Waals surface area contributed by atoms with Crippen molar-refractivity contribution >= 4 is 5.97 Å². The molecule has 0 N–H and O–H groups in total. The zero-order valence-electron chi connectivity index (χ0n) is 13.0. The summed E-state index contributed by atoms with van der Waals surface area (Å²) >= 11 is 0. The number of hydrogen-bond acceptors (Lipinski definition) is 2. The highest BCUT2D eigenvalue weighted by Gasteiger charge is 2.72. The van der Waals surface area contributed by atoms with Crippen LogP contribution in [0.4, 0.5) is 0 Å². The van der Waals surface area contributed by atoms with Crippen LogP contribution in [-0.2, 0) is 9.53 Å². The van der Waals surface area contributed by atoms with E-state index < -0.39 is 0 Å². The molecule has 6 atom stereocenters. The highest BCUT2D eigenvalue weighted by Crippen LogP contribution is 2.74. The summed E-state index contributed by atoms with van der Waals surface area (Å²) in [7, 11) is 0. The molecule has 0 spiro atoms. The zero-order chi connectivity index (χ0) is 14.0. The number of esters is 1. The van der Waals surface area contributed by atoms with Crippen LogP contribution in [0.1, 0.15) is 60.3 Å². The van der Waals surface area contributed by atoms with E-state index >= 15 is 0 Å². The lowest BCUT2D eigenvalue weighted by atomic mass is 9.61. The maximum atomic E-state index is 11.6. The van der Waals surface area contributed by atoms with Crippen molar-refractivity contribution in [1.82, 2.24) is 0 Å². The summed E-state index contributed by atoms with van der Waals surface area (Å²) in [6.45, 7) is 11.1. The summed E-state index contributed by atoms with van der Waals surface area (Å²) in [5, 5.41) is 0. The van der Waals surface area contributed by atoms with Crippen molar-refractivity contribution in [2.75, 3.05) is 0 Å². The normalized spacial score (nSPS) is 51.7. The molecule has 0 saturated heterocycles. The fourth-order valence-corrected chi connectivity index (χ4v) is 6.02. The molecule has 19 heavy (non-hydrogen) atoms. The Kier molecular flexibility index (Phi) is 2.82. The molecule has 3 saturated carbocycles. The summed E-state index contributed by atoms with van der Waals surface area (Å²) in [5.41, 5.74) is 0.626. The van der Waals surface area contributed by atoms with Crippen molar-refractivity contribution in [1.29, 1.82) is 0 Å². The van der Waals surface area contributed by atoms with Gasteiger partial charge < -0.3 is 4.74 Å². The maximum Gasteiger partial charge on any atom is 0.302 e. The molecule has 4 bridgehead atoms. The molecule has 0 aromatic heterocycles. The van der Waals surface area contributed by atoms with Gasteiger partial charge in [-0.15, -0.1) is 0 Å². The smallest absolute Gasteiger partial charge is 0.302 e. The van der Waals surface area contributed by atoms with Crippen molar-refractivity contribution < 1.29 is 9.53 Å². The van der Waals surface area contributed by atoms with Gasteiger partial charge in [0.2, 0.25) is 0 Å². The first-order valence-corrected chi connectivity index (χ1v) is 7.98. The first kappa shape index (κ1) is 13.5. The molecule has 2 heteroatoms. The lowest BCUT2D eigenvalue weighted by molar-refractivity contribution is -0.159. The van der Waals surface area contributed by atoms with Crippen LogP contribution >= 0.6 is 0 Å². The predicted molar refractivity (Wildman–Crippen MR) is 75.5 cm³/mol. The third-order valence-corrected chi connectivity index (χ3v) is 7.18. The van der Waals surface area contributed by atoms with Crippen LogP contribution in [0.15, 0.2) is 0 Å². The van der Waals surface area contributed by atoms with E-state index in [0.717, 1.165) is 11.8 Å². The fourth-order valence-electron chi connectivity index (χ4n) is 6.02. The number of hydrogen-bond donors (Lipinski definition) is 0. The maximum absolute atomic E-state index is 11.6. The molecule has 6 unspecified atom stereocenters. The molecule has 0 heterocycles. The van der Waals surface area contributed by atoms with Crippen LogP contribution in [0.2, 0.25) is 0 Å². The Bertz CT molecular complexity index is 402. The van der Waals surface area contributed by atoms with Gasteiger partial charge in [-0.2, -0.15) is 0 Å². The van der Waals surface area contributed by atoms with Crippen LogP contribution in [0.5, 0.6) is 0 Å². The first-order valence-electron chi connectivity index (χ1n) is 7.98. The molecule has 2 nitrogen and oxygen atoms in total. The largest absolute Gasteiger partial charge is 0.462 e. The summed E-state index contributed by atoms with van der Waals surface area (Å²) in [6.07, 6.45) is 5.41. The van der Waals surface area contributed by atoms with Gasteiger partial charge in [0.25, 0.3) is 0 Å².